The first-order valence-corrected chi connectivity index (χ1v) is 7.03. The Balaban J connectivity index is 2.22. The molecule has 1 fully saturated rings. The van der Waals surface area contributed by atoms with E-state index in [1.807, 2.05) is 20.8 Å². The Morgan fingerprint density at radius 2 is 2.19 bits per heavy atom. The number of amides is 1. The summed E-state index contributed by atoms with van der Waals surface area (Å²) < 4.78 is 19.1. The zero-order chi connectivity index (χ0) is 15.6. The van der Waals surface area contributed by atoms with Gasteiger partial charge in [-0.05, 0) is 38.5 Å². The molecule has 0 bridgehead atoms. The van der Waals surface area contributed by atoms with Crippen LogP contribution in [0, 0.1) is 5.82 Å². The third kappa shape index (κ3) is 3.85. The van der Waals surface area contributed by atoms with Crippen LogP contribution in [0.25, 0.3) is 0 Å². The molecule has 1 aromatic rings. The molecule has 21 heavy (non-hydrogen) atoms. The normalized spacial score (nSPS) is 19.4. The number of anilines is 1. The van der Waals surface area contributed by atoms with Crippen molar-refractivity contribution in [1.82, 2.24) is 10.2 Å². The van der Waals surface area contributed by atoms with Crippen molar-refractivity contribution in [1.29, 1.82) is 0 Å². The maximum Gasteiger partial charge on any atom is 0.410 e. The van der Waals surface area contributed by atoms with Crippen LogP contribution in [-0.4, -0.2) is 36.2 Å². The smallest absolute Gasteiger partial charge is 0.410 e. The zero-order valence-corrected chi connectivity index (χ0v) is 12.6. The molecule has 1 amide bonds. The van der Waals surface area contributed by atoms with E-state index in [0.29, 0.717) is 25.2 Å². The molecule has 6 heteroatoms. The van der Waals surface area contributed by atoms with Gasteiger partial charge in [-0.25, -0.2) is 9.18 Å². The Kier molecular flexibility index (Phi) is 4.37. The first-order valence-electron chi connectivity index (χ1n) is 7.03. The van der Waals surface area contributed by atoms with Gasteiger partial charge in [0.2, 0.25) is 0 Å². The van der Waals surface area contributed by atoms with Gasteiger partial charge in [-0.3, -0.25) is 4.90 Å². The van der Waals surface area contributed by atoms with Crippen LogP contribution in [0.4, 0.5) is 14.9 Å². The van der Waals surface area contributed by atoms with E-state index in [-0.39, 0.29) is 17.8 Å². The van der Waals surface area contributed by atoms with Gasteiger partial charge in [-0.1, -0.05) is 6.07 Å². The van der Waals surface area contributed by atoms with Gasteiger partial charge >= 0.3 is 6.09 Å². The minimum absolute atomic E-state index is 0.103. The van der Waals surface area contributed by atoms with Crippen molar-refractivity contribution in [3.63, 3.8) is 0 Å². The molecule has 1 heterocycles. The SMILES string of the molecule is CC(C)(C)OC(=O)N1CCNCC1c1ccc(N)c(F)c1. The summed E-state index contributed by atoms with van der Waals surface area (Å²) >= 11 is 0. The Hall–Kier alpha value is -1.82. The molecular weight excluding hydrogens is 273 g/mol. The Morgan fingerprint density at radius 1 is 1.48 bits per heavy atom. The molecule has 0 saturated carbocycles. The van der Waals surface area contributed by atoms with Crippen LogP contribution < -0.4 is 11.1 Å². The maximum absolute atomic E-state index is 13.7. The quantitative estimate of drug-likeness (QED) is 0.780. The van der Waals surface area contributed by atoms with Gasteiger partial charge in [0, 0.05) is 19.6 Å². The van der Waals surface area contributed by atoms with Crippen molar-refractivity contribution in [2.45, 2.75) is 32.4 Å². The van der Waals surface area contributed by atoms with Gasteiger partial charge < -0.3 is 15.8 Å². The number of rotatable bonds is 1. The predicted octanol–water partition coefficient (Wildman–Crippen LogP) is 2.29. The maximum atomic E-state index is 13.7. The third-order valence-electron chi connectivity index (χ3n) is 3.28. The van der Waals surface area contributed by atoms with Crippen molar-refractivity contribution in [2.75, 3.05) is 25.4 Å². The van der Waals surface area contributed by atoms with Gasteiger partial charge in [0.05, 0.1) is 11.7 Å². The summed E-state index contributed by atoms with van der Waals surface area (Å²) in [6.45, 7) is 7.24. The summed E-state index contributed by atoms with van der Waals surface area (Å²) in [5.74, 6) is -0.470. The molecule has 1 saturated heterocycles. The topological polar surface area (TPSA) is 67.6 Å². The number of benzene rings is 1. The molecule has 0 aromatic heterocycles. The number of ether oxygens (including phenoxy) is 1. The molecule has 1 aliphatic rings. The fourth-order valence-corrected chi connectivity index (χ4v) is 2.29. The highest BCUT2D eigenvalue weighted by Gasteiger charge is 2.31. The first kappa shape index (κ1) is 15.6. The summed E-state index contributed by atoms with van der Waals surface area (Å²) in [7, 11) is 0. The summed E-state index contributed by atoms with van der Waals surface area (Å²) in [4.78, 5) is 13.9. The van der Waals surface area contributed by atoms with Crippen LogP contribution in [0.15, 0.2) is 18.2 Å². The number of hydrogen-bond donors (Lipinski definition) is 2. The molecular formula is C15H22FN3O2. The van der Waals surface area contributed by atoms with E-state index in [1.54, 1.807) is 11.0 Å². The Morgan fingerprint density at radius 3 is 2.81 bits per heavy atom. The number of halogens is 1. The highest BCUT2D eigenvalue weighted by Crippen LogP contribution is 2.26. The summed E-state index contributed by atoms with van der Waals surface area (Å²) in [6, 6.07) is 4.38. The Labute approximate surface area is 124 Å². The van der Waals surface area contributed by atoms with Crippen molar-refractivity contribution in [2.24, 2.45) is 0 Å². The number of carbonyl (C=O) groups excluding carboxylic acids is 1. The monoisotopic (exact) mass is 295 g/mol. The minimum Gasteiger partial charge on any atom is -0.444 e. The average Bonchev–Trinajstić information content (AvgIpc) is 2.40. The molecule has 1 aliphatic heterocycles. The van der Waals surface area contributed by atoms with Gasteiger partial charge in [-0.15, -0.1) is 0 Å². The van der Waals surface area contributed by atoms with E-state index in [2.05, 4.69) is 5.32 Å². The number of nitrogens with zero attached hydrogens (tertiary/aromatic N) is 1. The number of carbonyl (C=O) groups is 1. The van der Waals surface area contributed by atoms with Crippen LogP contribution in [0.2, 0.25) is 0 Å². The number of hydrogen-bond acceptors (Lipinski definition) is 4. The van der Waals surface area contributed by atoms with Crippen LogP contribution in [0.3, 0.4) is 0 Å². The molecule has 1 atom stereocenters. The molecule has 3 N–H and O–H groups in total. The van der Waals surface area contributed by atoms with Crippen molar-refractivity contribution < 1.29 is 13.9 Å². The fourth-order valence-electron chi connectivity index (χ4n) is 2.29. The molecule has 1 aromatic carbocycles. The second kappa shape index (κ2) is 5.89. The van der Waals surface area contributed by atoms with E-state index in [0.717, 1.165) is 0 Å². The van der Waals surface area contributed by atoms with Crippen molar-refractivity contribution in [3.8, 4) is 0 Å². The second-order valence-electron chi connectivity index (χ2n) is 6.17. The largest absolute Gasteiger partial charge is 0.444 e. The van der Waals surface area contributed by atoms with E-state index in [9.17, 15) is 9.18 Å². The van der Waals surface area contributed by atoms with Gasteiger partial charge in [-0.2, -0.15) is 0 Å². The lowest BCUT2D eigenvalue weighted by atomic mass is 10.0. The molecule has 2 rings (SSSR count). The number of piperazine rings is 1. The van der Waals surface area contributed by atoms with Gasteiger partial charge in [0.1, 0.15) is 11.4 Å². The number of nitrogens with one attached hydrogen (secondary N) is 1. The first-order chi connectivity index (χ1) is 9.78. The standard InChI is InChI=1S/C15H22FN3O2/c1-15(2,3)21-14(20)19-7-6-18-9-13(19)10-4-5-12(17)11(16)8-10/h4-5,8,13,18H,6-7,9,17H2,1-3H3. The lowest BCUT2D eigenvalue weighted by Gasteiger charge is -2.37. The third-order valence-corrected chi connectivity index (χ3v) is 3.28. The second-order valence-corrected chi connectivity index (χ2v) is 6.17. The molecule has 0 aliphatic carbocycles. The van der Waals surface area contributed by atoms with E-state index in [1.165, 1.54) is 12.1 Å². The molecule has 1 unspecified atom stereocenters. The summed E-state index contributed by atoms with van der Waals surface area (Å²) in [6.07, 6.45) is -0.383. The molecule has 5 nitrogen and oxygen atoms in total. The highest BCUT2D eigenvalue weighted by molar-refractivity contribution is 5.69. The summed E-state index contributed by atoms with van der Waals surface area (Å²) in [5, 5.41) is 3.21. The number of nitrogen functional groups attached to an aromatic ring is 1. The Bertz CT molecular complexity index is 528. The van der Waals surface area contributed by atoms with E-state index in [4.69, 9.17) is 10.5 Å². The van der Waals surface area contributed by atoms with Gasteiger partial charge in [0.25, 0.3) is 0 Å². The lowest BCUT2D eigenvalue weighted by molar-refractivity contribution is 0.0117. The minimum atomic E-state index is -0.557. The van der Waals surface area contributed by atoms with E-state index >= 15 is 0 Å². The molecule has 0 spiro atoms. The fraction of sp³-hybridized carbons (Fsp3) is 0.533. The highest BCUT2D eigenvalue weighted by atomic mass is 19.1. The zero-order valence-electron chi connectivity index (χ0n) is 12.6. The van der Waals surface area contributed by atoms with Crippen LogP contribution in [0.5, 0.6) is 0 Å². The van der Waals surface area contributed by atoms with Crippen LogP contribution in [0.1, 0.15) is 32.4 Å². The summed E-state index contributed by atoms with van der Waals surface area (Å²) in [5.41, 5.74) is 5.75. The number of nitrogens with two attached hydrogens (primary N) is 1. The van der Waals surface area contributed by atoms with Crippen LogP contribution in [-0.2, 0) is 4.74 Å². The van der Waals surface area contributed by atoms with Crippen molar-refractivity contribution in [3.05, 3.63) is 29.6 Å². The predicted molar refractivity (Wildman–Crippen MR) is 79.4 cm³/mol. The van der Waals surface area contributed by atoms with Crippen molar-refractivity contribution >= 4 is 11.8 Å². The van der Waals surface area contributed by atoms with Gasteiger partial charge in [0.15, 0.2) is 0 Å². The van der Waals surface area contributed by atoms with E-state index < -0.39 is 11.4 Å². The average molecular weight is 295 g/mol. The van der Waals surface area contributed by atoms with Crippen LogP contribution >= 0.6 is 0 Å². The molecule has 116 valence electrons. The lowest BCUT2D eigenvalue weighted by Crippen LogP contribution is -2.50. The molecule has 0 radical (unpaired) electrons.